The van der Waals surface area contributed by atoms with Gasteiger partial charge in [0.1, 0.15) is 12.7 Å². The monoisotopic (exact) mass is 241 g/mol. The van der Waals surface area contributed by atoms with E-state index in [1.54, 1.807) is 13.8 Å². The Labute approximate surface area is 97.5 Å². The van der Waals surface area contributed by atoms with Crippen LogP contribution in [0.25, 0.3) is 0 Å². The lowest BCUT2D eigenvalue weighted by Gasteiger charge is -2.10. The maximum absolute atomic E-state index is 11.3. The number of pyridine rings is 1. The maximum atomic E-state index is 11.3. The second-order valence-corrected chi connectivity index (χ2v) is 3.04. The lowest BCUT2D eigenvalue weighted by atomic mass is 10.4. The molecule has 0 atom stereocenters. The predicted molar refractivity (Wildman–Crippen MR) is 58.1 cm³/mol. The van der Waals surface area contributed by atoms with Gasteiger partial charge in [0.05, 0.1) is 9.83 Å². The largest absolute Gasteiger partial charge is 0.309 e. The predicted octanol–water partition coefficient (Wildman–Crippen LogP) is 1.32. The number of hydrogen-bond acceptors (Lipinski definition) is 5. The first-order valence-corrected chi connectivity index (χ1v) is 5.09. The summed E-state index contributed by atoms with van der Waals surface area (Å²) in [7, 11) is 0. The van der Waals surface area contributed by atoms with Crippen molar-refractivity contribution in [3.8, 4) is 5.88 Å². The third kappa shape index (κ3) is 3.37. The summed E-state index contributed by atoms with van der Waals surface area (Å²) in [6.07, 6.45) is 1.07. The summed E-state index contributed by atoms with van der Waals surface area (Å²) in [5.74, 6) is 0.131. The lowest BCUT2D eigenvalue weighted by molar-refractivity contribution is -0.760. The van der Waals surface area contributed by atoms with Crippen LogP contribution < -0.4 is 4.84 Å². The molecule has 0 N–H and O–H groups in total. The summed E-state index contributed by atoms with van der Waals surface area (Å²) < 4.78 is 0. The van der Waals surface area contributed by atoms with Crippen LogP contribution in [-0.4, -0.2) is 33.0 Å². The van der Waals surface area contributed by atoms with E-state index >= 15 is 0 Å². The molecule has 0 saturated carbocycles. The van der Waals surface area contributed by atoms with Crippen LogP contribution in [0.3, 0.4) is 0 Å². The van der Waals surface area contributed by atoms with E-state index in [1.165, 1.54) is 12.1 Å². The number of rotatable bonds is 6. The molecular weight excluding hydrogens is 228 g/mol. The summed E-state index contributed by atoms with van der Waals surface area (Å²) in [4.78, 5) is 30.7. The molecule has 0 unspecified atom stereocenters. The van der Waals surface area contributed by atoms with Gasteiger partial charge in [0.2, 0.25) is 6.54 Å². The molecule has 1 aromatic heterocycles. The van der Waals surface area contributed by atoms with Crippen molar-refractivity contribution in [3.05, 3.63) is 33.4 Å². The molecule has 0 bridgehead atoms. The summed E-state index contributed by atoms with van der Waals surface area (Å²) in [6.45, 7) is 4.01. The molecule has 0 saturated heterocycles. The molecule has 8 heteroatoms. The molecule has 1 rings (SSSR count). The van der Waals surface area contributed by atoms with Crippen LogP contribution in [0.15, 0.2) is 18.3 Å². The van der Waals surface area contributed by atoms with Gasteiger partial charge < -0.3 is 4.84 Å². The first-order chi connectivity index (χ1) is 8.08. The summed E-state index contributed by atoms with van der Waals surface area (Å²) in [5, 5.41) is 11.5. The molecule has 0 aliphatic heterocycles. The number of nitrogens with zero attached hydrogens (tertiary/aromatic N) is 4. The molecule has 0 aliphatic carbocycles. The highest BCUT2D eigenvalue weighted by Crippen LogP contribution is 2.14. The Bertz CT molecular complexity index is 406. The molecular formula is C9H13N4O4+. The Kier molecular flexibility index (Phi) is 4.32. The zero-order valence-electron chi connectivity index (χ0n) is 9.57. The van der Waals surface area contributed by atoms with Crippen LogP contribution in [0.2, 0.25) is 0 Å². The van der Waals surface area contributed by atoms with Crippen LogP contribution in [0.1, 0.15) is 13.8 Å². The molecule has 1 heterocycles. The molecule has 0 aliphatic rings. The molecule has 1 aromatic rings. The fourth-order valence-electron chi connectivity index (χ4n) is 1.07. The standard InChI is InChI=1S/C9H13N4O4/c1-3-11(14)12(4-2)17-9-6-5-8(7-10-9)13(15)16/h5-7H,3-4H2,1-2H3/q+1. The third-order valence-electron chi connectivity index (χ3n) is 1.92. The van der Waals surface area contributed by atoms with Crippen molar-refractivity contribution in [1.29, 1.82) is 0 Å². The quantitative estimate of drug-likeness (QED) is 0.424. The molecule has 0 amide bonds. The minimum absolute atomic E-state index is 0.130. The first kappa shape index (κ1) is 12.8. The molecule has 0 aromatic carbocycles. The normalized spacial score (nSPS) is 9.76. The number of hydrogen-bond donors (Lipinski definition) is 0. The highest BCUT2D eigenvalue weighted by molar-refractivity contribution is 5.28. The summed E-state index contributed by atoms with van der Waals surface area (Å²) in [5.41, 5.74) is -0.130. The Hall–Kier alpha value is -2.25. The molecule has 8 nitrogen and oxygen atoms in total. The van der Waals surface area contributed by atoms with Gasteiger partial charge in [0, 0.05) is 24.2 Å². The fourth-order valence-corrected chi connectivity index (χ4v) is 1.07. The first-order valence-electron chi connectivity index (χ1n) is 5.09. The van der Waals surface area contributed by atoms with E-state index in [4.69, 9.17) is 4.84 Å². The Morgan fingerprint density at radius 2 is 2.12 bits per heavy atom. The van der Waals surface area contributed by atoms with Gasteiger partial charge in [-0.05, 0) is 6.92 Å². The van der Waals surface area contributed by atoms with Gasteiger partial charge in [-0.2, -0.15) is 0 Å². The van der Waals surface area contributed by atoms with Crippen molar-refractivity contribution in [1.82, 2.24) is 10.2 Å². The maximum Gasteiger partial charge on any atom is 0.287 e. The number of hydroxylamine groups is 1. The van der Waals surface area contributed by atoms with E-state index in [1.807, 2.05) is 0 Å². The summed E-state index contributed by atoms with van der Waals surface area (Å²) >= 11 is 0. The van der Waals surface area contributed by atoms with Crippen molar-refractivity contribution < 1.29 is 14.6 Å². The minimum Gasteiger partial charge on any atom is -0.309 e. The highest BCUT2D eigenvalue weighted by atomic mass is 16.7. The van der Waals surface area contributed by atoms with Crippen LogP contribution in [0.4, 0.5) is 5.69 Å². The summed E-state index contributed by atoms with van der Waals surface area (Å²) in [6, 6.07) is 2.60. The highest BCUT2D eigenvalue weighted by Gasteiger charge is 2.19. The number of nitroso groups, excluding NO2 is 1. The molecule has 92 valence electrons. The third-order valence-corrected chi connectivity index (χ3v) is 1.92. The Morgan fingerprint density at radius 1 is 1.41 bits per heavy atom. The molecule has 17 heavy (non-hydrogen) atoms. The van der Waals surface area contributed by atoms with Gasteiger partial charge in [-0.3, -0.25) is 10.1 Å². The van der Waals surface area contributed by atoms with E-state index in [9.17, 15) is 15.0 Å². The number of aromatic nitrogens is 1. The van der Waals surface area contributed by atoms with Crippen molar-refractivity contribution in [3.63, 3.8) is 0 Å². The van der Waals surface area contributed by atoms with Crippen LogP contribution in [-0.2, 0) is 0 Å². The number of hydrazine groups is 1. The van der Waals surface area contributed by atoms with E-state index < -0.39 is 4.92 Å². The lowest BCUT2D eigenvalue weighted by Crippen LogP contribution is -2.36. The van der Waals surface area contributed by atoms with Gasteiger partial charge in [-0.1, -0.05) is 0 Å². The van der Waals surface area contributed by atoms with Crippen molar-refractivity contribution in [2.24, 2.45) is 0 Å². The minimum atomic E-state index is -0.555. The second kappa shape index (κ2) is 5.73. The van der Waals surface area contributed by atoms with Crippen molar-refractivity contribution >= 4 is 5.69 Å². The van der Waals surface area contributed by atoms with Gasteiger partial charge in [0.25, 0.3) is 11.6 Å². The van der Waals surface area contributed by atoms with E-state index in [-0.39, 0.29) is 18.1 Å². The van der Waals surface area contributed by atoms with Gasteiger partial charge in [-0.15, -0.1) is 0 Å². The van der Waals surface area contributed by atoms with Gasteiger partial charge in [0.15, 0.2) is 4.87 Å². The van der Waals surface area contributed by atoms with E-state index in [0.29, 0.717) is 11.4 Å². The van der Waals surface area contributed by atoms with E-state index in [2.05, 4.69) is 4.98 Å². The van der Waals surface area contributed by atoms with Crippen molar-refractivity contribution in [2.75, 3.05) is 13.1 Å². The zero-order chi connectivity index (χ0) is 12.8. The average Bonchev–Trinajstić information content (AvgIpc) is 2.35. The van der Waals surface area contributed by atoms with Crippen LogP contribution in [0.5, 0.6) is 5.88 Å². The van der Waals surface area contributed by atoms with E-state index in [0.717, 1.165) is 11.4 Å². The van der Waals surface area contributed by atoms with Crippen molar-refractivity contribution in [2.45, 2.75) is 13.8 Å². The Balaban J connectivity index is 2.74. The molecule has 0 radical (unpaired) electrons. The Morgan fingerprint density at radius 3 is 2.53 bits per heavy atom. The fraction of sp³-hybridized carbons (Fsp3) is 0.444. The molecule has 0 spiro atoms. The molecule has 0 fully saturated rings. The van der Waals surface area contributed by atoms with Gasteiger partial charge >= 0.3 is 0 Å². The second-order valence-electron chi connectivity index (χ2n) is 3.04. The topological polar surface area (TPSA) is 88.6 Å². The number of nitro groups is 1. The van der Waals surface area contributed by atoms with Crippen LogP contribution >= 0.6 is 0 Å². The van der Waals surface area contributed by atoms with Gasteiger partial charge in [-0.25, -0.2) is 4.98 Å². The smallest absolute Gasteiger partial charge is 0.287 e. The van der Waals surface area contributed by atoms with Crippen LogP contribution in [0, 0.1) is 15.0 Å². The zero-order valence-corrected chi connectivity index (χ0v) is 9.57. The average molecular weight is 241 g/mol. The SMILES string of the molecule is CCN(Oc1ccc([N+](=O)[O-])cn1)[N+](=O)CC.